The Bertz CT molecular complexity index is 146. The zero-order valence-electron chi connectivity index (χ0n) is 4.16. The van der Waals surface area contributed by atoms with Crippen LogP contribution in [0.3, 0.4) is 0 Å². The van der Waals surface area contributed by atoms with E-state index in [0.29, 0.717) is 5.56 Å². The molecule has 0 saturated heterocycles. The van der Waals surface area contributed by atoms with E-state index in [-0.39, 0.29) is 0 Å². The van der Waals surface area contributed by atoms with Crippen LogP contribution in [0.2, 0.25) is 0 Å². The van der Waals surface area contributed by atoms with E-state index < -0.39 is 6.67 Å². The van der Waals surface area contributed by atoms with Crippen LogP contribution in [0.25, 0.3) is 0 Å². The summed E-state index contributed by atoms with van der Waals surface area (Å²) in [7, 11) is 0. The summed E-state index contributed by atoms with van der Waals surface area (Å²) in [6.45, 7) is -0.498. The van der Waals surface area contributed by atoms with Crippen molar-refractivity contribution in [3.8, 4) is 0 Å². The Kier molecular flexibility index (Phi) is 1.62. The van der Waals surface area contributed by atoms with E-state index in [1.807, 2.05) is 0 Å². The third-order valence-corrected chi connectivity index (χ3v) is 0.748. The Morgan fingerprint density at radius 1 is 1.50 bits per heavy atom. The first-order chi connectivity index (χ1) is 3.93. The summed E-state index contributed by atoms with van der Waals surface area (Å²) in [5, 5.41) is 0. The van der Waals surface area contributed by atoms with Crippen molar-refractivity contribution < 1.29 is 4.39 Å². The molecule has 0 saturated carbocycles. The molecule has 0 aliphatic carbocycles. The lowest BCUT2D eigenvalue weighted by molar-refractivity contribution is 0.484. The van der Waals surface area contributed by atoms with E-state index in [2.05, 4.69) is 24.3 Å². The van der Waals surface area contributed by atoms with Crippen LogP contribution in [0.5, 0.6) is 0 Å². The number of hydrogen-bond acceptors (Lipinski definition) is 0. The van der Waals surface area contributed by atoms with Crippen molar-refractivity contribution >= 4 is 0 Å². The molecule has 0 aromatic heterocycles. The van der Waals surface area contributed by atoms with Gasteiger partial charge in [-0.1, -0.05) is 0 Å². The summed E-state index contributed by atoms with van der Waals surface area (Å²) in [5.41, 5.74) is 0.476. The molecule has 0 spiro atoms. The maximum Gasteiger partial charge on any atom is 0.115 e. The van der Waals surface area contributed by atoms with Crippen molar-refractivity contribution in [2.24, 2.45) is 0 Å². The molecule has 0 unspecified atom stereocenters. The molecule has 1 aromatic rings. The molecule has 0 heterocycles. The fourth-order valence-electron chi connectivity index (χ4n) is 0.379. The predicted octanol–water partition coefficient (Wildman–Crippen LogP) is 1.36. The molecule has 0 atom stereocenters. The van der Waals surface area contributed by atoms with Gasteiger partial charge in [0.1, 0.15) is 6.67 Å². The summed E-state index contributed by atoms with van der Waals surface area (Å²) >= 11 is 0. The smallest absolute Gasteiger partial charge is 0.115 e. The molecular weight excluding hydrogens is 103 g/mol. The average Bonchev–Trinajstić information content (AvgIpc) is 1.90. The normalized spacial score (nSPS) is 9.12. The molecule has 8 heavy (non-hydrogen) atoms. The molecule has 1 aromatic carbocycles. The first kappa shape index (κ1) is 5.29. The van der Waals surface area contributed by atoms with Crippen molar-refractivity contribution in [2.75, 3.05) is 0 Å². The van der Waals surface area contributed by atoms with Gasteiger partial charge in [-0.2, -0.15) is 0 Å². The SMILES string of the molecule is FCc1[c][c][c][c]c1. The standard InChI is InChI=1S/C7H3F/c8-6-7-4-2-1-3-5-7/h4H,6H2. The van der Waals surface area contributed by atoms with Crippen LogP contribution < -0.4 is 0 Å². The Hall–Kier alpha value is -0.850. The monoisotopic (exact) mass is 106 g/mol. The predicted molar refractivity (Wildman–Crippen MR) is 26.6 cm³/mol. The average molecular weight is 106 g/mol. The molecule has 1 rings (SSSR count). The second-order valence-electron chi connectivity index (χ2n) is 1.32. The molecule has 0 nitrogen and oxygen atoms in total. The highest BCUT2D eigenvalue weighted by Gasteiger charge is 1.85. The molecule has 0 fully saturated rings. The summed E-state index contributed by atoms with van der Waals surface area (Å²) in [4.78, 5) is 0. The van der Waals surface area contributed by atoms with E-state index >= 15 is 0 Å². The van der Waals surface area contributed by atoms with Gasteiger partial charge in [-0.05, 0) is 35.9 Å². The quantitative estimate of drug-likeness (QED) is 0.507. The first-order valence-corrected chi connectivity index (χ1v) is 2.20. The van der Waals surface area contributed by atoms with Gasteiger partial charge in [-0.3, -0.25) is 0 Å². The summed E-state index contributed by atoms with van der Waals surface area (Å²) in [6.07, 6.45) is 0. The fourth-order valence-corrected chi connectivity index (χ4v) is 0.379. The van der Waals surface area contributed by atoms with Crippen LogP contribution in [0.1, 0.15) is 5.56 Å². The molecule has 0 N–H and O–H groups in total. The molecule has 1 heteroatoms. The number of rotatable bonds is 1. The first-order valence-electron chi connectivity index (χ1n) is 2.20. The highest BCUT2D eigenvalue weighted by Crippen LogP contribution is 1.95. The van der Waals surface area contributed by atoms with E-state index in [9.17, 15) is 4.39 Å². The molecule has 0 aliphatic rings. The molecule has 4 radical (unpaired) electrons. The maximum absolute atomic E-state index is 11.6. The van der Waals surface area contributed by atoms with Crippen molar-refractivity contribution in [3.63, 3.8) is 0 Å². The minimum atomic E-state index is -0.498. The van der Waals surface area contributed by atoms with Gasteiger partial charge in [0.15, 0.2) is 0 Å². The second kappa shape index (κ2) is 2.46. The van der Waals surface area contributed by atoms with Crippen LogP contribution in [0.4, 0.5) is 4.39 Å². The highest BCUT2D eigenvalue weighted by molar-refractivity contribution is 5.08. The summed E-state index contributed by atoms with van der Waals surface area (Å²) in [6, 6.07) is 11.5. The Morgan fingerprint density at radius 3 is 2.75 bits per heavy atom. The fraction of sp³-hybridized carbons (Fsp3) is 0.143. The van der Waals surface area contributed by atoms with Crippen LogP contribution >= 0.6 is 0 Å². The second-order valence-corrected chi connectivity index (χ2v) is 1.32. The lowest BCUT2D eigenvalue weighted by atomic mass is 10.2. The van der Waals surface area contributed by atoms with Gasteiger partial charge in [0.2, 0.25) is 0 Å². The third-order valence-electron chi connectivity index (χ3n) is 0.748. The Morgan fingerprint density at radius 2 is 2.38 bits per heavy atom. The number of hydrogen-bond donors (Lipinski definition) is 0. The largest absolute Gasteiger partial charge is 0.246 e. The highest BCUT2D eigenvalue weighted by atomic mass is 19.1. The van der Waals surface area contributed by atoms with Gasteiger partial charge >= 0.3 is 0 Å². The Labute approximate surface area is 48.0 Å². The number of alkyl halides is 1. The van der Waals surface area contributed by atoms with Gasteiger partial charge in [-0.25, -0.2) is 4.39 Å². The number of halogens is 1. The summed E-state index contributed by atoms with van der Waals surface area (Å²) < 4.78 is 11.6. The van der Waals surface area contributed by atoms with Crippen LogP contribution in [-0.4, -0.2) is 0 Å². The van der Waals surface area contributed by atoms with Gasteiger partial charge < -0.3 is 0 Å². The minimum Gasteiger partial charge on any atom is -0.246 e. The van der Waals surface area contributed by atoms with Crippen LogP contribution in [0.15, 0.2) is 6.07 Å². The van der Waals surface area contributed by atoms with Crippen molar-refractivity contribution in [2.45, 2.75) is 6.67 Å². The van der Waals surface area contributed by atoms with E-state index in [4.69, 9.17) is 0 Å². The van der Waals surface area contributed by atoms with E-state index in [1.54, 1.807) is 0 Å². The van der Waals surface area contributed by atoms with E-state index in [1.165, 1.54) is 6.07 Å². The minimum absolute atomic E-state index is 0.476. The van der Waals surface area contributed by atoms with Crippen molar-refractivity contribution in [1.82, 2.24) is 0 Å². The van der Waals surface area contributed by atoms with Crippen LogP contribution in [-0.2, 0) is 6.67 Å². The molecule has 0 amide bonds. The van der Waals surface area contributed by atoms with Gasteiger partial charge in [-0.15, -0.1) is 0 Å². The summed E-state index contributed by atoms with van der Waals surface area (Å²) in [5.74, 6) is 0. The number of benzene rings is 1. The topological polar surface area (TPSA) is 0 Å². The third kappa shape index (κ3) is 1.06. The maximum atomic E-state index is 11.6. The van der Waals surface area contributed by atoms with Crippen molar-refractivity contribution in [1.29, 1.82) is 0 Å². The molecule has 0 bridgehead atoms. The van der Waals surface area contributed by atoms with Crippen LogP contribution in [0, 0.1) is 24.3 Å². The lowest BCUT2D eigenvalue weighted by Crippen LogP contribution is -1.74. The van der Waals surface area contributed by atoms with Crippen molar-refractivity contribution in [3.05, 3.63) is 35.9 Å². The van der Waals surface area contributed by atoms with E-state index in [0.717, 1.165) is 0 Å². The molecule has 0 aliphatic heterocycles. The molecule has 38 valence electrons. The zero-order valence-corrected chi connectivity index (χ0v) is 4.16. The van der Waals surface area contributed by atoms with Gasteiger partial charge in [0, 0.05) is 0 Å². The zero-order chi connectivity index (χ0) is 5.82. The molecular formula is C7H3F. The lowest BCUT2D eigenvalue weighted by Gasteiger charge is -1.84. The van der Waals surface area contributed by atoms with Gasteiger partial charge in [0.05, 0.1) is 0 Å². The Balaban J connectivity index is 2.83. The van der Waals surface area contributed by atoms with Gasteiger partial charge in [0.25, 0.3) is 0 Å².